The van der Waals surface area contributed by atoms with Crippen LogP contribution < -0.4 is 5.32 Å². The maximum Gasteiger partial charge on any atom is 0.241 e. The number of hydrogen-bond acceptors (Lipinski definition) is 2. The Kier molecular flexibility index (Phi) is 4.19. The van der Waals surface area contributed by atoms with Gasteiger partial charge in [-0.05, 0) is 31.2 Å². The Morgan fingerprint density at radius 1 is 1.20 bits per heavy atom. The van der Waals surface area contributed by atoms with E-state index in [9.17, 15) is 4.79 Å². The Morgan fingerprint density at radius 3 is 2.35 bits per heavy atom. The zero-order chi connectivity index (χ0) is 14.9. The van der Waals surface area contributed by atoms with Gasteiger partial charge in [0.15, 0.2) is 0 Å². The van der Waals surface area contributed by atoms with E-state index in [0.29, 0.717) is 0 Å². The zero-order valence-corrected chi connectivity index (χ0v) is 13.2. The zero-order valence-electron chi connectivity index (χ0n) is 13.2. The summed E-state index contributed by atoms with van der Waals surface area (Å²) in [6.45, 7) is 11.5. The van der Waals surface area contributed by atoms with Crippen LogP contribution in [-0.4, -0.2) is 23.4 Å². The minimum atomic E-state index is -0.0960. The number of aryl methyl sites for hydroxylation is 1. The van der Waals surface area contributed by atoms with Crippen molar-refractivity contribution in [2.75, 3.05) is 6.54 Å². The first-order chi connectivity index (χ1) is 9.28. The highest BCUT2D eigenvalue weighted by Crippen LogP contribution is 2.28. The van der Waals surface area contributed by atoms with Gasteiger partial charge in [-0.1, -0.05) is 50.6 Å². The molecule has 1 aliphatic heterocycles. The lowest BCUT2D eigenvalue weighted by molar-refractivity contribution is -0.130. The lowest BCUT2D eigenvalue weighted by Gasteiger charge is -2.28. The van der Waals surface area contributed by atoms with Gasteiger partial charge in [0.1, 0.15) is 6.17 Å². The van der Waals surface area contributed by atoms with Crippen molar-refractivity contribution in [3.05, 3.63) is 35.4 Å². The molecule has 1 aromatic carbocycles. The van der Waals surface area contributed by atoms with Crippen LogP contribution in [0.3, 0.4) is 0 Å². The summed E-state index contributed by atoms with van der Waals surface area (Å²) >= 11 is 0. The largest absolute Gasteiger partial charge is 0.322 e. The van der Waals surface area contributed by atoms with Crippen LogP contribution in [0.15, 0.2) is 24.3 Å². The summed E-state index contributed by atoms with van der Waals surface area (Å²) in [5.74, 6) is 0.208. The molecule has 0 aromatic heterocycles. The van der Waals surface area contributed by atoms with Gasteiger partial charge in [0.2, 0.25) is 5.91 Å². The maximum absolute atomic E-state index is 12.3. The smallest absolute Gasteiger partial charge is 0.241 e. The molecule has 1 aromatic rings. The molecule has 0 saturated carbocycles. The van der Waals surface area contributed by atoms with Gasteiger partial charge in [-0.25, -0.2) is 0 Å². The Balaban J connectivity index is 2.17. The van der Waals surface area contributed by atoms with Gasteiger partial charge in [0.25, 0.3) is 0 Å². The molecule has 2 unspecified atom stereocenters. The molecule has 3 nitrogen and oxygen atoms in total. The molecule has 0 bridgehead atoms. The van der Waals surface area contributed by atoms with E-state index in [4.69, 9.17) is 0 Å². The van der Waals surface area contributed by atoms with Gasteiger partial charge in [-0.15, -0.1) is 0 Å². The fourth-order valence-corrected chi connectivity index (χ4v) is 2.49. The summed E-state index contributed by atoms with van der Waals surface area (Å²) in [4.78, 5) is 14.3. The monoisotopic (exact) mass is 274 g/mol. The normalized spacial score (nSPS) is 23.4. The molecule has 1 heterocycles. The predicted molar refractivity (Wildman–Crippen MR) is 82.3 cm³/mol. The van der Waals surface area contributed by atoms with E-state index in [-0.39, 0.29) is 23.5 Å². The molecule has 1 amide bonds. The highest BCUT2D eigenvalue weighted by atomic mass is 16.2. The van der Waals surface area contributed by atoms with Crippen molar-refractivity contribution >= 4 is 5.91 Å². The number of nitrogens with one attached hydrogen (secondary N) is 1. The lowest BCUT2D eigenvalue weighted by Crippen LogP contribution is -2.33. The maximum atomic E-state index is 12.3. The average Bonchev–Trinajstić information content (AvgIpc) is 2.63. The van der Waals surface area contributed by atoms with Crippen molar-refractivity contribution in [1.82, 2.24) is 10.2 Å². The molecule has 0 radical (unpaired) electrons. The van der Waals surface area contributed by atoms with Crippen LogP contribution in [0.5, 0.6) is 0 Å². The van der Waals surface area contributed by atoms with Crippen LogP contribution in [0.2, 0.25) is 0 Å². The third-order valence-electron chi connectivity index (χ3n) is 3.87. The van der Waals surface area contributed by atoms with Crippen LogP contribution in [0, 0.1) is 12.3 Å². The molecule has 2 rings (SSSR count). The molecular formula is C17H26N2O. The Bertz CT molecular complexity index is 473. The number of amides is 1. The van der Waals surface area contributed by atoms with Crippen LogP contribution >= 0.6 is 0 Å². The Hall–Kier alpha value is -1.35. The van der Waals surface area contributed by atoms with E-state index < -0.39 is 0 Å². The number of carbonyl (C=O) groups excluding carboxylic acids is 1. The third kappa shape index (κ3) is 3.40. The van der Waals surface area contributed by atoms with Gasteiger partial charge in [0.05, 0.1) is 6.04 Å². The lowest BCUT2D eigenvalue weighted by atomic mass is 9.92. The van der Waals surface area contributed by atoms with Gasteiger partial charge in [-0.2, -0.15) is 0 Å². The summed E-state index contributed by atoms with van der Waals surface area (Å²) in [5, 5.41) is 3.40. The number of benzene rings is 1. The molecule has 1 aliphatic rings. The average molecular weight is 274 g/mol. The van der Waals surface area contributed by atoms with Crippen molar-refractivity contribution < 1.29 is 4.79 Å². The molecule has 2 atom stereocenters. The molecule has 0 aliphatic carbocycles. The SMILES string of the molecule is Cc1ccc(C2NC(C)C(=O)N2CCC(C)(C)C)cc1. The van der Waals surface area contributed by atoms with Crippen LogP contribution in [-0.2, 0) is 4.79 Å². The molecule has 0 spiro atoms. The van der Waals surface area contributed by atoms with Gasteiger partial charge >= 0.3 is 0 Å². The van der Waals surface area contributed by atoms with Crippen molar-refractivity contribution in [2.45, 2.75) is 53.2 Å². The number of nitrogens with zero attached hydrogens (tertiary/aromatic N) is 1. The van der Waals surface area contributed by atoms with Crippen LogP contribution in [0.1, 0.15) is 51.4 Å². The van der Waals surface area contributed by atoms with Crippen molar-refractivity contribution in [3.63, 3.8) is 0 Å². The van der Waals surface area contributed by atoms with Crippen molar-refractivity contribution in [2.24, 2.45) is 5.41 Å². The molecule has 110 valence electrons. The Morgan fingerprint density at radius 2 is 1.80 bits per heavy atom. The Labute approximate surface area is 122 Å². The standard InChI is InChI=1S/C17H26N2O/c1-12-6-8-14(9-7-12)15-18-13(2)16(20)19(15)11-10-17(3,4)5/h6-9,13,15,18H,10-11H2,1-5H3. The molecule has 1 N–H and O–H groups in total. The predicted octanol–water partition coefficient (Wildman–Crippen LogP) is 3.25. The first-order valence-electron chi connectivity index (χ1n) is 7.41. The molecule has 3 heteroatoms. The van der Waals surface area contributed by atoms with Gasteiger partial charge in [-0.3, -0.25) is 10.1 Å². The number of rotatable bonds is 3. The minimum Gasteiger partial charge on any atom is -0.322 e. The van der Waals surface area contributed by atoms with E-state index in [2.05, 4.69) is 57.3 Å². The van der Waals surface area contributed by atoms with E-state index in [0.717, 1.165) is 13.0 Å². The first-order valence-corrected chi connectivity index (χ1v) is 7.41. The van der Waals surface area contributed by atoms with E-state index in [1.54, 1.807) is 0 Å². The van der Waals surface area contributed by atoms with E-state index >= 15 is 0 Å². The van der Waals surface area contributed by atoms with E-state index in [1.807, 2.05) is 11.8 Å². The fraction of sp³-hybridized carbons (Fsp3) is 0.588. The summed E-state index contributed by atoms with van der Waals surface area (Å²) in [7, 11) is 0. The fourth-order valence-electron chi connectivity index (χ4n) is 2.49. The topological polar surface area (TPSA) is 32.3 Å². The highest BCUT2D eigenvalue weighted by Gasteiger charge is 2.37. The minimum absolute atomic E-state index is 0.0143. The molecule has 1 fully saturated rings. The number of hydrogen-bond donors (Lipinski definition) is 1. The molecule has 20 heavy (non-hydrogen) atoms. The molecular weight excluding hydrogens is 248 g/mol. The summed E-state index contributed by atoms with van der Waals surface area (Å²) < 4.78 is 0. The van der Waals surface area contributed by atoms with Crippen molar-refractivity contribution in [3.8, 4) is 0 Å². The van der Waals surface area contributed by atoms with Gasteiger partial charge < -0.3 is 4.90 Å². The van der Waals surface area contributed by atoms with Crippen molar-refractivity contribution in [1.29, 1.82) is 0 Å². The second kappa shape index (κ2) is 5.57. The van der Waals surface area contributed by atoms with Crippen LogP contribution in [0.4, 0.5) is 0 Å². The summed E-state index contributed by atoms with van der Waals surface area (Å²) in [6.07, 6.45) is 1.02. The highest BCUT2D eigenvalue weighted by molar-refractivity contribution is 5.84. The summed E-state index contributed by atoms with van der Waals surface area (Å²) in [5.41, 5.74) is 2.65. The second-order valence-electron chi connectivity index (χ2n) is 7.04. The quantitative estimate of drug-likeness (QED) is 0.917. The second-order valence-corrected chi connectivity index (χ2v) is 7.04. The van der Waals surface area contributed by atoms with E-state index in [1.165, 1.54) is 11.1 Å². The molecule has 1 saturated heterocycles. The van der Waals surface area contributed by atoms with Crippen LogP contribution in [0.25, 0.3) is 0 Å². The van der Waals surface area contributed by atoms with Gasteiger partial charge in [0, 0.05) is 6.54 Å². The third-order valence-corrected chi connectivity index (χ3v) is 3.87. The first kappa shape index (κ1) is 15.0. The number of carbonyl (C=O) groups is 1. The summed E-state index contributed by atoms with van der Waals surface area (Å²) in [6, 6.07) is 8.34.